The first-order chi connectivity index (χ1) is 14.0. The van der Waals surface area contributed by atoms with Gasteiger partial charge in [0.15, 0.2) is 5.75 Å². The molecule has 0 saturated heterocycles. The Hall–Kier alpha value is -1.30. The van der Waals surface area contributed by atoms with E-state index in [0.29, 0.717) is 39.8 Å². The third-order valence-corrected chi connectivity index (χ3v) is 4.60. The van der Waals surface area contributed by atoms with Crippen molar-refractivity contribution >= 4 is 64.2 Å². The van der Waals surface area contributed by atoms with Gasteiger partial charge >= 0.3 is 0 Å². The molecule has 0 aliphatic heterocycles. The second-order valence-electron chi connectivity index (χ2n) is 5.70. The SMILES string of the molecule is ClC(Cl)=CCOc1cc(Cl)c(OCCCCO/N=C/c2ccc(Cl)cc2)c(Cl)c1. The molecule has 0 aliphatic rings. The number of hydrogen-bond acceptors (Lipinski definition) is 4. The molecule has 0 spiro atoms. The molecule has 2 rings (SSSR count). The normalized spacial score (nSPS) is 10.8. The third kappa shape index (κ3) is 9.37. The predicted octanol–water partition coefficient (Wildman–Crippen LogP) is 7.55. The minimum atomic E-state index is 0.127. The summed E-state index contributed by atoms with van der Waals surface area (Å²) in [4.78, 5) is 5.23. The number of hydrogen-bond donors (Lipinski definition) is 0. The maximum atomic E-state index is 6.22. The van der Waals surface area contributed by atoms with Crippen molar-refractivity contribution < 1.29 is 14.3 Å². The van der Waals surface area contributed by atoms with Crippen LogP contribution in [-0.4, -0.2) is 26.0 Å². The van der Waals surface area contributed by atoms with Gasteiger partial charge in [-0.2, -0.15) is 0 Å². The van der Waals surface area contributed by atoms with Crippen LogP contribution in [-0.2, 0) is 4.84 Å². The zero-order valence-electron chi connectivity index (χ0n) is 15.2. The molecular formula is C20H18Cl5NO3. The molecule has 2 aromatic carbocycles. The van der Waals surface area contributed by atoms with Crippen LogP contribution in [0.2, 0.25) is 15.1 Å². The van der Waals surface area contributed by atoms with Crippen molar-refractivity contribution in [2.75, 3.05) is 19.8 Å². The van der Waals surface area contributed by atoms with E-state index in [1.54, 1.807) is 30.5 Å². The van der Waals surface area contributed by atoms with Crippen LogP contribution in [0.4, 0.5) is 0 Å². The van der Waals surface area contributed by atoms with Gasteiger partial charge in [0.25, 0.3) is 0 Å². The van der Waals surface area contributed by atoms with Gasteiger partial charge in [-0.15, -0.1) is 0 Å². The Labute approximate surface area is 194 Å². The Kier molecular flexibility index (Phi) is 10.8. The van der Waals surface area contributed by atoms with Gasteiger partial charge in [0.1, 0.15) is 23.5 Å². The molecule has 0 unspecified atom stereocenters. The molecule has 0 aliphatic carbocycles. The van der Waals surface area contributed by atoms with Crippen molar-refractivity contribution in [1.82, 2.24) is 0 Å². The number of oxime groups is 1. The van der Waals surface area contributed by atoms with Crippen LogP contribution in [0, 0.1) is 0 Å². The van der Waals surface area contributed by atoms with Crippen LogP contribution >= 0.6 is 58.0 Å². The number of halogens is 5. The zero-order valence-corrected chi connectivity index (χ0v) is 19.0. The fourth-order valence-electron chi connectivity index (χ4n) is 2.10. The first kappa shape index (κ1) is 24.0. The number of benzene rings is 2. The second kappa shape index (κ2) is 13.1. The lowest BCUT2D eigenvalue weighted by atomic mass is 10.2. The van der Waals surface area contributed by atoms with Gasteiger partial charge in [-0.1, -0.05) is 75.3 Å². The lowest BCUT2D eigenvalue weighted by Crippen LogP contribution is -2.01. The molecule has 0 N–H and O–H groups in total. The van der Waals surface area contributed by atoms with Gasteiger partial charge in [-0.25, -0.2) is 0 Å². The predicted molar refractivity (Wildman–Crippen MR) is 121 cm³/mol. The zero-order chi connectivity index (χ0) is 21.1. The summed E-state index contributed by atoms with van der Waals surface area (Å²) in [5.74, 6) is 0.901. The molecule has 0 radical (unpaired) electrons. The summed E-state index contributed by atoms with van der Waals surface area (Å²) in [6.07, 6.45) is 4.66. The highest BCUT2D eigenvalue weighted by molar-refractivity contribution is 6.55. The van der Waals surface area contributed by atoms with E-state index in [1.807, 2.05) is 12.1 Å². The van der Waals surface area contributed by atoms with Crippen molar-refractivity contribution in [2.45, 2.75) is 12.8 Å². The Morgan fingerprint density at radius 2 is 1.55 bits per heavy atom. The van der Waals surface area contributed by atoms with E-state index in [2.05, 4.69) is 5.16 Å². The van der Waals surface area contributed by atoms with Gasteiger partial charge in [-0.05, 0) is 36.6 Å². The molecule has 0 aromatic heterocycles. The summed E-state index contributed by atoms with van der Waals surface area (Å²) >= 11 is 29.3. The van der Waals surface area contributed by atoms with E-state index in [4.69, 9.17) is 72.3 Å². The fourth-order valence-corrected chi connectivity index (χ4v) is 2.93. The van der Waals surface area contributed by atoms with Gasteiger partial charge in [0.05, 0.1) is 22.9 Å². The average molecular weight is 498 g/mol. The van der Waals surface area contributed by atoms with E-state index in [9.17, 15) is 0 Å². The molecule has 156 valence electrons. The fraction of sp³-hybridized carbons (Fsp3) is 0.250. The Balaban J connectivity index is 1.68. The van der Waals surface area contributed by atoms with Crippen molar-refractivity contribution in [3.63, 3.8) is 0 Å². The van der Waals surface area contributed by atoms with Crippen LogP contribution in [0.5, 0.6) is 11.5 Å². The maximum Gasteiger partial charge on any atom is 0.156 e. The summed E-state index contributed by atoms with van der Waals surface area (Å²) < 4.78 is 11.2. The summed E-state index contributed by atoms with van der Waals surface area (Å²) in [6.45, 7) is 1.11. The summed E-state index contributed by atoms with van der Waals surface area (Å²) in [6, 6.07) is 10.5. The molecule has 4 nitrogen and oxygen atoms in total. The van der Waals surface area contributed by atoms with Crippen LogP contribution in [0.1, 0.15) is 18.4 Å². The largest absolute Gasteiger partial charge is 0.490 e. The highest BCUT2D eigenvalue weighted by atomic mass is 35.5. The van der Waals surface area contributed by atoms with Crippen molar-refractivity contribution in [2.24, 2.45) is 5.16 Å². The Bertz CT molecular complexity index is 814. The first-order valence-corrected chi connectivity index (χ1v) is 10.5. The second-order valence-corrected chi connectivity index (χ2v) is 7.95. The lowest BCUT2D eigenvalue weighted by Gasteiger charge is -2.12. The van der Waals surface area contributed by atoms with Gasteiger partial charge in [0.2, 0.25) is 0 Å². The molecule has 29 heavy (non-hydrogen) atoms. The molecule has 2 aromatic rings. The first-order valence-electron chi connectivity index (χ1n) is 8.62. The van der Waals surface area contributed by atoms with E-state index in [0.717, 1.165) is 18.4 Å². The maximum absolute atomic E-state index is 6.22. The number of rotatable bonds is 11. The van der Waals surface area contributed by atoms with E-state index in [-0.39, 0.29) is 11.1 Å². The monoisotopic (exact) mass is 495 g/mol. The molecule has 9 heteroatoms. The molecular weight excluding hydrogens is 479 g/mol. The summed E-state index contributed by atoms with van der Waals surface area (Å²) in [5.41, 5.74) is 0.913. The quantitative estimate of drug-likeness (QED) is 0.183. The standard InChI is InChI=1S/C20H18Cl5NO3/c21-15-5-3-14(4-6-15)13-26-29-9-2-1-8-28-20-17(22)11-16(12-18(20)23)27-10-7-19(24)25/h3-7,11-13H,1-2,8-10H2/b26-13+. The van der Waals surface area contributed by atoms with Crippen LogP contribution in [0.3, 0.4) is 0 Å². The van der Waals surface area contributed by atoms with Crippen molar-refractivity contribution in [3.05, 3.63) is 67.6 Å². The minimum absolute atomic E-state index is 0.127. The molecule has 0 atom stereocenters. The van der Waals surface area contributed by atoms with Crippen LogP contribution in [0.25, 0.3) is 0 Å². The Morgan fingerprint density at radius 3 is 2.21 bits per heavy atom. The average Bonchev–Trinajstić information content (AvgIpc) is 2.66. The summed E-state index contributed by atoms with van der Waals surface area (Å²) in [7, 11) is 0. The van der Waals surface area contributed by atoms with Crippen molar-refractivity contribution in [1.29, 1.82) is 0 Å². The van der Waals surface area contributed by atoms with E-state index in [1.165, 1.54) is 6.08 Å². The molecule has 0 saturated carbocycles. The Morgan fingerprint density at radius 1 is 0.897 bits per heavy atom. The van der Waals surface area contributed by atoms with Crippen LogP contribution < -0.4 is 9.47 Å². The minimum Gasteiger partial charge on any atom is -0.490 e. The molecule has 0 bridgehead atoms. The number of ether oxygens (including phenoxy) is 2. The van der Waals surface area contributed by atoms with Crippen molar-refractivity contribution in [3.8, 4) is 11.5 Å². The smallest absolute Gasteiger partial charge is 0.156 e. The lowest BCUT2D eigenvalue weighted by molar-refractivity contribution is 0.137. The highest BCUT2D eigenvalue weighted by Gasteiger charge is 2.10. The topological polar surface area (TPSA) is 40.0 Å². The third-order valence-electron chi connectivity index (χ3n) is 3.48. The number of nitrogens with zero attached hydrogens (tertiary/aromatic N) is 1. The molecule has 0 heterocycles. The van der Waals surface area contributed by atoms with Gasteiger partial charge in [-0.3, -0.25) is 0 Å². The van der Waals surface area contributed by atoms with Gasteiger partial charge < -0.3 is 14.3 Å². The highest BCUT2D eigenvalue weighted by Crippen LogP contribution is 2.37. The van der Waals surface area contributed by atoms with E-state index >= 15 is 0 Å². The van der Waals surface area contributed by atoms with Crippen LogP contribution in [0.15, 0.2) is 52.1 Å². The molecule has 0 amide bonds. The van der Waals surface area contributed by atoms with E-state index < -0.39 is 0 Å². The summed E-state index contributed by atoms with van der Waals surface area (Å²) in [5, 5.41) is 5.31. The molecule has 0 fully saturated rings. The van der Waals surface area contributed by atoms with Gasteiger partial charge in [0, 0.05) is 17.2 Å². The number of unbranched alkanes of at least 4 members (excludes halogenated alkanes) is 1.